The van der Waals surface area contributed by atoms with Crippen molar-refractivity contribution < 1.29 is 4.42 Å². The summed E-state index contributed by atoms with van der Waals surface area (Å²) in [6.45, 7) is 0. The Bertz CT molecular complexity index is 2750. The van der Waals surface area contributed by atoms with Gasteiger partial charge in [-0.25, -0.2) is 0 Å². The number of fused-ring (bicyclic) bond motifs is 11. The van der Waals surface area contributed by atoms with E-state index in [2.05, 4.69) is 132 Å². The van der Waals surface area contributed by atoms with Crippen LogP contribution >= 0.6 is 22.7 Å². The van der Waals surface area contributed by atoms with Crippen molar-refractivity contribution in [2.45, 2.75) is 0 Å². The maximum Gasteiger partial charge on any atom is 0.135 e. The van der Waals surface area contributed by atoms with Crippen LogP contribution in [0.2, 0.25) is 0 Å². The average Bonchev–Trinajstić information content (AvgIpc) is 3.75. The number of rotatable bonds is 3. The Labute approximate surface area is 260 Å². The highest BCUT2D eigenvalue weighted by Gasteiger charge is 2.18. The van der Waals surface area contributed by atoms with E-state index in [4.69, 9.17) is 4.42 Å². The molecule has 4 heteroatoms. The first-order valence-electron chi connectivity index (χ1n) is 14.8. The van der Waals surface area contributed by atoms with Crippen molar-refractivity contribution in [3.63, 3.8) is 0 Å². The summed E-state index contributed by atoms with van der Waals surface area (Å²) in [6.07, 6.45) is 0. The molecule has 0 aliphatic carbocycles. The molecule has 10 rings (SSSR count). The lowest BCUT2D eigenvalue weighted by Gasteiger charge is -2.26. The minimum absolute atomic E-state index is 0.904. The third kappa shape index (κ3) is 3.53. The van der Waals surface area contributed by atoms with Crippen LogP contribution in [0.15, 0.2) is 144 Å². The van der Waals surface area contributed by atoms with Crippen LogP contribution in [0.25, 0.3) is 73.1 Å². The first-order valence-corrected chi connectivity index (χ1v) is 16.4. The van der Waals surface area contributed by atoms with Gasteiger partial charge in [0.25, 0.3) is 0 Å². The molecule has 3 heterocycles. The van der Waals surface area contributed by atoms with Gasteiger partial charge in [-0.2, -0.15) is 0 Å². The number of benzene rings is 7. The van der Waals surface area contributed by atoms with Crippen LogP contribution in [0.4, 0.5) is 17.1 Å². The maximum absolute atomic E-state index is 6.20. The van der Waals surface area contributed by atoms with E-state index in [-0.39, 0.29) is 0 Å². The molecule has 0 aliphatic heterocycles. The summed E-state index contributed by atoms with van der Waals surface area (Å²) in [4.78, 5) is 2.40. The molecule has 206 valence electrons. The number of hydrogen-bond acceptors (Lipinski definition) is 4. The molecule has 3 aromatic heterocycles. The number of anilines is 3. The molecule has 0 N–H and O–H groups in total. The summed E-state index contributed by atoms with van der Waals surface area (Å²) >= 11 is 3.73. The molecule has 0 spiro atoms. The fourth-order valence-corrected chi connectivity index (χ4v) is 9.12. The molecule has 7 aromatic carbocycles. The summed E-state index contributed by atoms with van der Waals surface area (Å²) in [6, 6.07) is 50.6. The lowest BCUT2D eigenvalue weighted by molar-refractivity contribution is 0.669. The van der Waals surface area contributed by atoms with Crippen LogP contribution in [0.5, 0.6) is 0 Å². The standard InChI is InChI=1S/C40H23NOS2/c1-2-8-28-24(7-1)13-20-37-40(28)32-18-15-27(23-39(32)44-37)41(25-16-19-35-33(21-25)29-9-3-5-11-34(29)42-35)26-14-17-31-30-10-4-6-12-36(30)43-38(31)22-26/h1-23H. The van der Waals surface area contributed by atoms with E-state index in [9.17, 15) is 0 Å². The van der Waals surface area contributed by atoms with Crippen LogP contribution in [0, 0.1) is 0 Å². The second-order valence-corrected chi connectivity index (χ2v) is 13.5. The summed E-state index contributed by atoms with van der Waals surface area (Å²) in [5.41, 5.74) is 5.21. The molecule has 44 heavy (non-hydrogen) atoms. The van der Waals surface area contributed by atoms with Gasteiger partial charge < -0.3 is 9.32 Å². The van der Waals surface area contributed by atoms with Gasteiger partial charge in [-0.1, -0.05) is 78.9 Å². The van der Waals surface area contributed by atoms with E-state index in [1.807, 2.05) is 34.8 Å². The monoisotopic (exact) mass is 597 g/mol. The highest BCUT2D eigenvalue weighted by Crippen LogP contribution is 2.45. The third-order valence-electron chi connectivity index (χ3n) is 8.84. The van der Waals surface area contributed by atoms with E-state index in [0.717, 1.165) is 39.0 Å². The Hall–Kier alpha value is -5.16. The number of furan rings is 1. The van der Waals surface area contributed by atoms with Gasteiger partial charge in [0.15, 0.2) is 0 Å². The highest BCUT2D eigenvalue weighted by molar-refractivity contribution is 7.26. The Kier molecular flexibility index (Phi) is 5.06. The first-order chi connectivity index (χ1) is 21.8. The summed E-state index contributed by atoms with van der Waals surface area (Å²) in [5, 5.41) is 10.1. The molecule has 0 bridgehead atoms. The Balaban J connectivity index is 1.22. The molecular formula is C40H23NOS2. The van der Waals surface area contributed by atoms with Gasteiger partial charge in [-0.15, -0.1) is 22.7 Å². The third-order valence-corrected chi connectivity index (χ3v) is 11.1. The number of hydrogen-bond donors (Lipinski definition) is 0. The fraction of sp³-hybridized carbons (Fsp3) is 0. The number of nitrogens with zero attached hydrogens (tertiary/aromatic N) is 1. The van der Waals surface area contributed by atoms with E-state index in [1.165, 1.54) is 51.1 Å². The van der Waals surface area contributed by atoms with Gasteiger partial charge >= 0.3 is 0 Å². The molecule has 0 radical (unpaired) electrons. The minimum atomic E-state index is 0.904. The van der Waals surface area contributed by atoms with E-state index < -0.39 is 0 Å². The number of thiophene rings is 2. The predicted octanol–water partition coefficient (Wildman–Crippen LogP) is 12.9. The molecule has 0 atom stereocenters. The molecule has 10 aromatic rings. The zero-order valence-corrected chi connectivity index (χ0v) is 25.1. The lowest BCUT2D eigenvalue weighted by atomic mass is 10.0. The molecule has 0 saturated carbocycles. The summed E-state index contributed by atoms with van der Waals surface area (Å²) in [7, 11) is 0. The van der Waals surface area contributed by atoms with E-state index >= 15 is 0 Å². The first kappa shape index (κ1) is 24.3. The van der Waals surface area contributed by atoms with Crippen LogP contribution in [-0.2, 0) is 0 Å². The zero-order chi connectivity index (χ0) is 28.8. The van der Waals surface area contributed by atoms with Gasteiger partial charge in [0, 0.05) is 68.2 Å². The normalized spacial score (nSPS) is 12.1. The fourth-order valence-electron chi connectivity index (χ4n) is 6.83. The van der Waals surface area contributed by atoms with Crippen LogP contribution in [-0.4, -0.2) is 0 Å². The molecule has 0 aliphatic rings. The van der Waals surface area contributed by atoms with Crippen molar-refractivity contribution in [2.24, 2.45) is 0 Å². The van der Waals surface area contributed by atoms with Crippen molar-refractivity contribution >= 4 is 113 Å². The highest BCUT2D eigenvalue weighted by atomic mass is 32.1. The Morgan fingerprint density at radius 3 is 1.89 bits per heavy atom. The largest absolute Gasteiger partial charge is 0.456 e. The van der Waals surface area contributed by atoms with Crippen molar-refractivity contribution in [1.29, 1.82) is 0 Å². The van der Waals surface area contributed by atoms with Crippen molar-refractivity contribution in [3.05, 3.63) is 140 Å². The van der Waals surface area contributed by atoms with Gasteiger partial charge in [-0.05, 0) is 71.4 Å². The van der Waals surface area contributed by atoms with Gasteiger partial charge in [0.2, 0.25) is 0 Å². The van der Waals surface area contributed by atoms with Crippen LogP contribution in [0.1, 0.15) is 0 Å². The minimum Gasteiger partial charge on any atom is -0.456 e. The average molecular weight is 598 g/mol. The smallest absolute Gasteiger partial charge is 0.135 e. The molecule has 2 nitrogen and oxygen atoms in total. The Morgan fingerprint density at radius 1 is 0.386 bits per heavy atom. The second kappa shape index (κ2) is 9.17. The van der Waals surface area contributed by atoms with Crippen molar-refractivity contribution in [1.82, 2.24) is 0 Å². The summed E-state index contributed by atoms with van der Waals surface area (Å²) in [5.74, 6) is 0. The van der Waals surface area contributed by atoms with Crippen LogP contribution in [0.3, 0.4) is 0 Å². The van der Waals surface area contributed by atoms with Crippen LogP contribution < -0.4 is 4.90 Å². The predicted molar refractivity (Wildman–Crippen MR) is 192 cm³/mol. The molecule has 0 unspecified atom stereocenters. The quantitative estimate of drug-likeness (QED) is 0.201. The SMILES string of the molecule is c1ccc2c(c1)ccc1sc3cc(N(c4ccc5c(c4)sc4ccccc45)c4ccc5oc6ccccc6c5c4)ccc3c12. The molecule has 0 amide bonds. The maximum atomic E-state index is 6.20. The molecule has 0 fully saturated rings. The van der Waals surface area contributed by atoms with Crippen molar-refractivity contribution in [2.75, 3.05) is 4.90 Å². The topological polar surface area (TPSA) is 16.4 Å². The van der Waals surface area contributed by atoms with Gasteiger partial charge in [0.05, 0.1) is 0 Å². The van der Waals surface area contributed by atoms with E-state index in [1.54, 1.807) is 0 Å². The number of para-hydroxylation sites is 1. The van der Waals surface area contributed by atoms with Gasteiger partial charge in [-0.3, -0.25) is 0 Å². The second-order valence-electron chi connectivity index (χ2n) is 11.3. The van der Waals surface area contributed by atoms with Crippen molar-refractivity contribution in [3.8, 4) is 0 Å². The lowest BCUT2D eigenvalue weighted by Crippen LogP contribution is -2.09. The Morgan fingerprint density at radius 2 is 1.00 bits per heavy atom. The molecular weight excluding hydrogens is 575 g/mol. The zero-order valence-electron chi connectivity index (χ0n) is 23.5. The molecule has 0 saturated heterocycles. The summed E-state index contributed by atoms with van der Waals surface area (Å²) < 4.78 is 11.4. The van der Waals surface area contributed by atoms with E-state index in [0.29, 0.717) is 0 Å². The van der Waals surface area contributed by atoms with Gasteiger partial charge in [0.1, 0.15) is 11.2 Å².